The molecule has 0 saturated carbocycles. The van der Waals surface area contributed by atoms with E-state index in [1.165, 1.54) is 24.3 Å². The quantitative estimate of drug-likeness (QED) is 0.0815. The first-order valence-electron chi connectivity index (χ1n) is 11.9. The number of aromatic nitrogens is 1. The van der Waals surface area contributed by atoms with E-state index in [9.17, 15) is 20.0 Å². The number of carbonyl (C=O) groups is 1. The van der Waals surface area contributed by atoms with E-state index in [4.69, 9.17) is 5.73 Å². The van der Waals surface area contributed by atoms with Gasteiger partial charge in [-0.25, -0.2) is 0 Å². The second-order valence-electron chi connectivity index (χ2n) is 8.93. The summed E-state index contributed by atoms with van der Waals surface area (Å²) in [6, 6.07) is 25.5. The van der Waals surface area contributed by atoms with Gasteiger partial charge in [0, 0.05) is 45.2 Å². The van der Waals surface area contributed by atoms with Crippen LogP contribution < -0.4 is 11.1 Å². The van der Waals surface area contributed by atoms with Crippen LogP contribution in [0.25, 0.3) is 32.6 Å². The van der Waals surface area contributed by atoms with Gasteiger partial charge < -0.3 is 21.1 Å². The average Bonchev–Trinajstić information content (AvgIpc) is 3.32. The predicted octanol–water partition coefficient (Wildman–Crippen LogP) is 7.34. The molecule has 0 aliphatic heterocycles. The van der Waals surface area contributed by atoms with Gasteiger partial charge in [-0.2, -0.15) is 5.11 Å². The number of aromatic amines is 1. The van der Waals surface area contributed by atoms with Gasteiger partial charge in [0.05, 0.1) is 21.7 Å². The Morgan fingerprint density at radius 1 is 0.923 bits per heavy atom. The smallest absolute Gasteiger partial charge is 0.271 e. The molecule has 0 atom stereocenters. The third-order valence-corrected chi connectivity index (χ3v) is 6.45. The molecule has 5 N–H and O–H groups in total. The normalized spacial score (nSPS) is 11.5. The number of nitrogens with two attached hydrogens (primary N) is 1. The molecule has 39 heavy (non-hydrogen) atoms. The van der Waals surface area contributed by atoms with Crippen LogP contribution in [0.5, 0.6) is 5.75 Å². The van der Waals surface area contributed by atoms with E-state index in [0.717, 1.165) is 21.8 Å². The van der Waals surface area contributed by atoms with Gasteiger partial charge in [-0.05, 0) is 47.9 Å². The molecule has 0 radical (unpaired) electrons. The number of hydrogen-bond acceptors (Lipinski definition) is 7. The SMILES string of the molecule is Nc1ccc(N=Nc2c(O)c(C(=O)Nc3cccc([N+](=O)[O-])c3)cc3ccc4c5ccccc5[nH]c4c23)cc1. The van der Waals surface area contributed by atoms with Crippen LogP contribution in [0, 0.1) is 10.1 Å². The van der Waals surface area contributed by atoms with Crippen LogP contribution in [-0.4, -0.2) is 20.9 Å². The minimum atomic E-state index is -0.657. The number of carbonyl (C=O) groups excluding carboxylic acids is 1. The molecule has 1 amide bonds. The Morgan fingerprint density at radius 2 is 1.72 bits per heavy atom. The van der Waals surface area contributed by atoms with Crippen molar-refractivity contribution in [3.05, 3.63) is 107 Å². The molecule has 6 aromatic rings. The third-order valence-electron chi connectivity index (χ3n) is 6.45. The van der Waals surface area contributed by atoms with Crippen LogP contribution in [0.4, 0.5) is 28.4 Å². The number of anilines is 2. The molecular formula is C29H20N6O4. The molecule has 190 valence electrons. The Hall–Kier alpha value is -5.77. The molecule has 0 saturated heterocycles. The number of rotatable bonds is 5. The number of para-hydroxylation sites is 1. The Bertz CT molecular complexity index is 1960. The first-order valence-corrected chi connectivity index (χ1v) is 11.9. The molecule has 0 spiro atoms. The molecule has 0 aliphatic rings. The molecule has 5 aromatic carbocycles. The molecule has 0 bridgehead atoms. The van der Waals surface area contributed by atoms with Crippen LogP contribution in [0.2, 0.25) is 0 Å². The Kier molecular flexibility index (Phi) is 5.61. The number of phenols is 1. The largest absolute Gasteiger partial charge is 0.505 e. The summed E-state index contributed by atoms with van der Waals surface area (Å²) in [7, 11) is 0. The average molecular weight is 517 g/mol. The van der Waals surface area contributed by atoms with Gasteiger partial charge in [0.2, 0.25) is 0 Å². The highest BCUT2D eigenvalue weighted by Gasteiger charge is 2.22. The molecule has 1 aromatic heterocycles. The number of nitro benzene ring substituents is 1. The summed E-state index contributed by atoms with van der Waals surface area (Å²) < 4.78 is 0. The fraction of sp³-hybridized carbons (Fsp3) is 0. The monoisotopic (exact) mass is 516 g/mol. The standard InChI is InChI=1S/C29H20N6O4/c30-17-9-11-18(12-10-17)33-34-27-25-16(8-13-22-21-6-1-2-7-24(21)32-26(22)25)14-23(28(27)36)29(37)31-19-4-3-5-20(15-19)35(38)39/h1-15,32,36H,30H2,(H,31,37). The first-order chi connectivity index (χ1) is 18.9. The van der Waals surface area contributed by atoms with E-state index < -0.39 is 10.8 Å². The van der Waals surface area contributed by atoms with E-state index in [1.54, 1.807) is 30.3 Å². The lowest BCUT2D eigenvalue weighted by Crippen LogP contribution is -2.12. The van der Waals surface area contributed by atoms with E-state index in [1.807, 2.05) is 36.4 Å². The maximum Gasteiger partial charge on any atom is 0.271 e. The number of azo groups is 1. The van der Waals surface area contributed by atoms with Crippen LogP contribution >= 0.6 is 0 Å². The van der Waals surface area contributed by atoms with Crippen molar-refractivity contribution in [3.63, 3.8) is 0 Å². The van der Waals surface area contributed by atoms with Crippen molar-refractivity contribution >= 4 is 66.9 Å². The number of H-pyrrole nitrogens is 1. The summed E-state index contributed by atoms with van der Waals surface area (Å²) in [5.41, 5.74) is 8.59. The number of aromatic hydroxyl groups is 1. The first kappa shape index (κ1) is 23.6. The Labute approximate surface area is 220 Å². The summed E-state index contributed by atoms with van der Waals surface area (Å²) in [5.74, 6) is -1.04. The summed E-state index contributed by atoms with van der Waals surface area (Å²) in [6.07, 6.45) is 0. The van der Waals surface area contributed by atoms with Crippen molar-refractivity contribution in [1.29, 1.82) is 0 Å². The van der Waals surface area contributed by atoms with Crippen molar-refractivity contribution in [2.75, 3.05) is 11.1 Å². The van der Waals surface area contributed by atoms with Crippen molar-refractivity contribution < 1.29 is 14.8 Å². The molecule has 1 heterocycles. The van der Waals surface area contributed by atoms with Gasteiger partial charge in [0.25, 0.3) is 11.6 Å². The lowest BCUT2D eigenvalue weighted by atomic mass is 10.00. The zero-order valence-electron chi connectivity index (χ0n) is 20.3. The number of benzene rings is 5. The van der Waals surface area contributed by atoms with Crippen molar-refractivity contribution in [2.24, 2.45) is 10.2 Å². The third kappa shape index (κ3) is 4.25. The second-order valence-corrected chi connectivity index (χ2v) is 8.93. The minimum Gasteiger partial charge on any atom is -0.505 e. The van der Waals surface area contributed by atoms with Crippen LogP contribution in [-0.2, 0) is 0 Å². The summed E-state index contributed by atoms with van der Waals surface area (Å²) in [5, 5.41) is 37.0. The van der Waals surface area contributed by atoms with E-state index in [-0.39, 0.29) is 28.4 Å². The number of nitrogen functional groups attached to an aromatic ring is 1. The number of fused-ring (bicyclic) bond motifs is 5. The fourth-order valence-electron chi connectivity index (χ4n) is 4.59. The number of amides is 1. The zero-order valence-corrected chi connectivity index (χ0v) is 20.3. The molecule has 0 aliphatic carbocycles. The maximum absolute atomic E-state index is 13.3. The molecule has 0 unspecified atom stereocenters. The fourth-order valence-corrected chi connectivity index (χ4v) is 4.59. The molecular weight excluding hydrogens is 496 g/mol. The molecule has 0 fully saturated rings. The highest BCUT2D eigenvalue weighted by Crippen LogP contribution is 2.44. The van der Waals surface area contributed by atoms with Gasteiger partial charge in [0.15, 0.2) is 5.75 Å². The van der Waals surface area contributed by atoms with E-state index >= 15 is 0 Å². The number of nitrogens with zero attached hydrogens (tertiary/aromatic N) is 3. The highest BCUT2D eigenvalue weighted by molar-refractivity contribution is 6.22. The number of non-ortho nitro benzene ring substituents is 1. The summed E-state index contributed by atoms with van der Waals surface area (Å²) in [4.78, 5) is 27.3. The van der Waals surface area contributed by atoms with Crippen LogP contribution in [0.1, 0.15) is 10.4 Å². The van der Waals surface area contributed by atoms with Crippen molar-refractivity contribution in [3.8, 4) is 5.75 Å². The minimum absolute atomic E-state index is 0.0595. The Morgan fingerprint density at radius 3 is 2.51 bits per heavy atom. The molecule has 10 nitrogen and oxygen atoms in total. The lowest BCUT2D eigenvalue weighted by Gasteiger charge is -2.12. The summed E-state index contributed by atoms with van der Waals surface area (Å²) in [6.45, 7) is 0. The number of phenolic OH excluding ortho intramolecular Hbond substituents is 1. The molecule has 10 heteroatoms. The number of hydrogen-bond donors (Lipinski definition) is 4. The van der Waals surface area contributed by atoms with Crippen molar-refractivity contribution in [2.45, 2.75) is 0 Å². The van der Waals surface area contributed by atoms with E-state index in [2.05, 4.69) is 20.5 Å². The van der Waals surface area contributed by atoms with Gasteiger partial charge in [-0.1, -0.05) is 36.4 Å². The predicted molar refractivity (Wildman–Crippen MR) is 151 cm³/mol. The number of nitro groups is 1. The zero-order chi connectivity index (χ0) is 27.1. The second kappa shape index (κ2) is 9.27. The highest BCUT2D eigenvalue weighted by atomic mass is 16.6. The lowest BCUT2D eigenvalue weighted by molar-refractivity contribution is -0.384. The summed E-state index contributed by atoms with van der Waals surface area (Å²) >= 11 is 0. The molecule has 6 rings (SSSR count). The van der Waals surface area contributed by atoms with Gasteiger partial charge >= 0.3 is 0 Å². The van der Waals surface area contributed by atoms with Gasteiger partial charge in [0.1, 0.15) is 5.69 Å². The van der Waals surface area contributed by atoms with Gasteiger partial charge in [-0.3, -0.25) is 14.9 Å². The van der Waals surface area contributed by atoms with Crippen LogP contribution in [0.15, 0.2) is 101 Å². The topological polar surface area (TPSA) is 159 Å². The van der Waals surface area contributed by atoms with E-state index in [0.29, 0.717) is 22.1 Å². The number of nitrogens with one attached hydrogen (secondary N) is 2. The Balaban J connectivity index is 1.54. The van der Waals surface area contributed by atoms with Crippen molar-refractivity contribution in [1.82, 2.24) is 4.98 Å². The van der Waals surface area contributed by atoms with Gasteiger partial charge in [-0.15, -0.1) is 5.11 Å². The maximum atomic E-state index is 13.3. The van der Waals surface area contributed by atoms with Crippen LogP contribution in [0.3, 0.4) is 0 Å².